The molecule has 7 heteroatoms. The van der Waals surface area contributed by atoms with Gasteiger partial charge < -0.3 is 10.6 Å². The minimum absolute atomic E-state index is 0.0224. The maximum absolute atomic E-state index is 12.3. The number of nitrogens with two attached hydrogens (primary N) is 1. The number of anilines is 1. The van der Waals surface area contributed by atoms with Gasteiger partial charge in [0.2, 0.25) is 10.0 Å². The Morgan fingerprint density at radius 2 is 2.25 bits per heavy atom. The second kappa shape index (κ2) is 6.30. The molecule has 5 nitrogen and oxygen atoms in total. The molecule has 0 saturated carbocycles. The number of nitrogens with zero attached hydrogens (tertiary/aromatic N) is 1. The summed E-state index contributed by atoms with van der Waals surface area (Å²) in [6.45, 7) is 2.39. The van der Waals surface area contributed by atoms with E-state index in [1.165, 1.54) is 12.1 Å². The maximum atomic E-state index is 12.3. The van der Waals surface area contributed by atoms with Crippen molar-refractivity contribution >= 4 is 27.3 Å². The highest BCUT2D eigenvalue weighted by Crippen LogP contribution is 2.27. The Morgan fingerprint density at radius 3 is 2.90 bits per heavy atom. The molecular weight excluding hydrogens is 298 g/mol. The van der Waals surface area contributed by atoms with Crippen molar-refractivity contribution in [2.24, 2.45) is 5.92 Å². The van der Waals surface area contributed by atoms with E-state index in [2.05, 4.69) is 9.62 Å². The summed E-state index contributed by atoms with van der Waals surface area (Å²) in [4.78, 5) is 2.19. The van der Waals surface area contributed by atoms with E-state index in [4.69, 9.17) is 17.3 Å². The zero-order chi connectivity index (χ0) is 14.8. The van der Waals surface area contributed by atoms with Crippen LogP contribution in [0.1, 0.15) is 12.8 Å². The number of nitrogen functional groups attached to an aromatic ring is 1. The topological polar surface area (TPSA) is 75.4 Å². The Hall–Kier alpha value is -0.820. The summed E-state index contributed by atoms with van der Waals surface area (Å²) in [7, 11) is -1.62. The zero-order valence-electron chi connectivity index (χ0n) is 11.5. The number of likely N-dealkylation sites (tertiary alicyclic amines) is 1. The van der Waals surface area contributed by atoms with Gasteiger partial charge >= 0.3 is 0 Å². The van der Waals surface area contributed by atoms with E-state index in [1.54, 1.807) is 6.07 Å². The van der Waals surface area contributed by atoms with Gasteiger partial charge in [-0.1, -0.05) is 17.7 Å². The van der Waals surface area contributed by atoms with Crippen molar-refractivity contribution in [1.29, 1.82) is 0 Å². The van der Waals surface area contributed by atoms with Crippen molar-refractivity contribution in [2.45, 2.75) is 17.7 Å². The van der Waals surface area contributed by atoms with Crippen LogP contribution in [0, 0.1) is 5.92 Å². The highest BCUT2D eigenvalue weighted by molar-refractivity contribution is 7.89. The minimum Gasteiger partial charge on any atom is -0.398 e. The summed E-state index contributed by atoms with van der Waals surface area (Å²) in [5.41, 5.74) is 5.90. The van der Waals surface area contributed by atoms with Crippen LogP contribution in [0.5, 0.6) is 0 Å². The third kappa shape index (κ3) is 3.63. The Labute approximate surface area is 125 Å². The van der Waals surface area contributed by atoms with E-state index in [1.807, 2.05) is 7.05 Å². The molecule has 1 unspecified atom stereocenters. The molecular formula is C13H20ClN3O2S. The lowest BCUT2D eigenvalue weighted by Gasteiger charge is -2.29. The van der Waals surface area contributed by atoms with Crippen LogP contribution < -0.4 is 10.5 Å². The van der Waals surface area contributed by atoms with Crippen molar-refractivity contribution in [3.05, 3.63) is 23.2 Å². The Balaban J connectivity index is 2.08. The number of hydrogen-bond acceptors (Lipinski definition) is 4. The van der Waals surface area contributed by atoms with E-state index < -0.39 is 10.0 Å². The summed E-state index contributed by atoms with van der Waals surface area (Å²) in [6.07, 6.45) is 2.13. The van der Waals surface area contributed by atoms with Crippen LogP contribution in [0.3, 0.4) is 0 Å². The number of nitrogens with one attached hydrogen (secondary N) is 1. The lowest BCUT2D eigenvalue weighted by molar-refractivity contribution is 0.211. The van der Waals surface area contributed by atoms with Gasteiger partial charge in [0, 0.05) is 13.1 Å². The van der Waals surface area contributed by atoms with Crippen LogP contribution >= 0.6 is 11.6 Å². The molecule has 1 heterocycles. The van der Waals surface area contributed by atoms with Gasteiger partial charge in [-0.15, -0.1) is 0 Å². The number of benzene rings is 1. The molecule has 20 heavy (non-hydrogen) atoms. The van der Waals surface area contributed by atoms with Crippen molar-refractivity contribution < 1.29 is 8.42 Å². The summed E-state index contributed by atoms with van der Waals surface area (Å²) in [5.74, 6) is 0.326. The Morgan fingerprint density at radius 1 is 1.50 bits per heavy atom. The van der Waals surface area contributed by atoms with Gasteiger partial charge in [0.05, 0.1) is 10.7 Å². The molecule has 1 aromatic carbocycles. The number of halogens is 1. The van der Waals surface area contributed by atoms with Gasteiger partial charge in [0.15, 0.2) is 0 Å². The number of sulfonamides is 1. The number of rotatable bonds is 4. The van der Waals surface area contributed by atoms with Crippen molar-refractivity contribution in [1.82, 2.24) is 9.62 Å². The number of piperidine rings is 1. The second-order valence-electron chi connectivity index (χ2n) is 5.28. The predicted molar refractivity (Wildman–Crippen MR) is 81.3 cm³/mol. The van der Waals surface area contributed by atoms with Gasteiger partial charge in [-0.3, -0.25) is 0 Å². The first kappa shape index (κ1) is 15.6. The monoisotopic (exact) mass is 317 g/mol. The largest absolute Gasteiger partial charge is 0.398 e. The molecule has 1 saturated heterocycles. The van der Waals surface area contributed by atoms with Crippen molar-refractivity contribution in [3.63, 3.8) is 0 Å². The predicted octanol–water partition coefficient (Wildman–Crippen LogP) is 1.54. The second-order valence-corrected chi connectivity index (χ2v) is 7.39. The average Bonchev–Trinajstić information content (AvgIpc) is 2.36. The lowest BCUT2D eigenvalue weighted by atomic mass is 9.99. The molecule has 112 valence electrons. The van der Waals surface area contributed by atoms with Gasteiger partial charge in [0.25, 0.3) is 0 Å². The summed E-state index contributed by atoms with van der Waals surface area (Å²) in [6, 6.07) is 4.70. The third-order valence-corrected chi connectivity index (χ3v) is 5.52. The first-order valence-electron chi connectivity index (χ1n) is 6.62. The van der Waals surface area contributed by atoms with E-state index in [-0.39, 0.29) is 15.6 Å². The molecule has 1 aromatic rings. The van der Waals surface area contributed by atoms with Crippen LogP contribution in [0.4, 0.5) is 5.69 Å². The molecule has 1 aliphatic heterocycles. The lowest BCUT2D eigenvalue weighted by Crippen LogP contribution is -2.39. The highest BCUT2D eigenvalue weighted by Gasteiger charge is 2.24. The molecule has 0 amide bonds. The molecule has 2 rings (SSSR count). The number of hydrogen-bond donors (Lipinski definition) is 2. The van der Waals surface area contributed by atoms with Crippen LogP contribution in [0.25, 0.3) is 0 Å². The van der Waals surface area contributed by atoms with E-state index >= 15 is 0 Å². The summed E-state index contributed by atoms with van der Waals surface area (Å²) < 4.78 is 27.2. The molecule has 0 aromatic heterocycles. The van der Waals surface area contributed by atoms with Crippen LogP contribution in [-0.2, 0) is 10.0 Å². The fraction of sp³-hybridized carbons (Fsp3) is 0.538. The van der Waals surface area contributed by atoms with Gasteiger partial charge in [0.1, 0.15) is 4.90 Å². The minimum atomic E-state index is -3.66. The van der Waals surface area contributed by atoms with Crippen LogP contribution in [0.15, 0.2) is 23.1 Å². The molecule has 0 aliphatic carbocycles. The molecule has 0 spiro atoms. The van der Waals surface area contributed by atoms with Crippen LogP contribution in [0.2, 0.25) is 5.02 Å². The molecule has 0 radical (unpaired) electrons. The van der Waals surface area contributed by atoms with Gasteiger partial charge in [-0.25, -0.2) is 13.1 Å². The third-order valence-electron chi connectivity index (χ3n) is 3.55. The van der Waals surface area contributed by atoms with E-state index in [9.17, 15) is 8.42 Å². The van der Waals surface area contributed by atoms with Gasteiger partial charge in [-0.2, -0.15) is 0 Å². The summed E-state index contributed by atoms with van der Waals surface area (Å²) >= 11 is 5.95. The van der Waals surface area contributed by atoms with Crippen molar-refractivity contribution in [2.75, 3.05) is 32.4 Å². The molecule has 3 N–H and O–H groups in total. The first-order valence-corrected chi connectivity index (χ1v) is 8.48. The van der Waals surface area contributed by atoms with E-state index in [0.29, 0.717) is 12.5 Å². The summed E-state index contributed by atoms with van der Waals surface area (Å²) in [5, 5.41) is 0.151. The molecule has 1 fully saturated rings. The Bertz CT molecular complexity index is 557. The van der Waals surface area contributed by atoms with Crippen molar-refractivity contribution in [3.8, 4) is 0 Å². The standard InChI is InChI=1S/C13H20ClN3O2S/c1-17-7-3-4-10(9-17)8-16-20(18,19)13-11(14)5-2-6-12(13)15/h2,5-6,10,16H,3-4,7-9,15H2,1H3. The highest BCUT2D eigenvalue weighted by atomic mass is 35.5. The maximum Gasteiger partial charge on any atom is 0.244 e. The fourth-order valence-electron chi connectivity index (χ4n) is 2.55. The smallest absolute Gasteiger partial charge is 0.244 e. The normalized spacial score (nSPS) is 21.0. The molecule has 0 bridgehead atoms. The average molecular weight is 318 g/mol. The first-order chi connectivity index (χ1) is 9.40. The Kier molecular flexibility index (Phi) is 4.90. The molecule has 1 aliphatic rings. The zero-order valence-corrected chi connectivity index (χ0v) is 13.0. The van der Waals surface area contributed by atoms with Gasteiger partial charge in [-0.05, 0) is 44.5 Å². The fourth-order valence-corrected chi connectivity index (χ4v) is 4.34. The molecule has 1 atom stereocenters. The SMILES string of the molecule is CN1CCCC(CNS(=O)(=O)c2c(N)cccc2Cl)C1. The van der Waals surface area contributed by atoms with Crippen LogP contribution in [-0.4, -0.2) is 40.0 Å². The van der Waals surface area contributed by atoms with E-state index in [0.717, 1.165) is 25.9 Å². The quantitative estimate of drug-likeness (QED) is 0.826.